The van der Waals surface area contributed by atoms with Crippen LogP contribution in [0.2, 0.25) is 0 Å². The summed E-state index contributed by atoms with van der Waals surface area (Å²) in [5, 5.41) is 0. The van der Waals surface area contributed by atoms with E-state index in [1.807, 2.05) is 54.6 Å². The van der Waals surface area contributed by atoms with Crippen LogP contribution in [-0.2, 0) is 6.42 Å². The van der Waals surface area contributed by atoms with Crippen molar-refractivity contribution >= 4 is 0 Å². The Morgan fingerprint density at radius 3 is 1.22 bits per heavy atom. The van der Waals surface area contributed by atoms with Gasteiger partial charge in [-0.05, 0) is 42.7 Å². The molecule has 6 aromatic carbocycles. The lowest BCUT2D eigenvalue weighted by atomic mass is 9.99. The Balaban J connectivity index is 1.10. The normalized spacial score (nSPS) is 11.0. The molecule has 238 valence electrons. The van der Waals surface area contributed by atoms with E-state index < -0.39 is 0 Å². The van der Waals surface area contributed by atoms with Gasteiger partial charge in [-0.3, -0.25) is 0 Å². The van der Waals surface area contributed by atoms with Crippen molar-refractivity contribution in [2.24, 2.45) is 0 Å². The molecule has 0 aliphatic carbocycles. The number of aryl methyl sites for hydroxylation is 1. The maximum Gasteiger partial charge on any atom is 0.160 e. The monoisotopic (exact) mass is 642 g/mol. The van der Waals surface area contributed by atoms with Crippen LogP contribution >= 0.6 is 0 Å². The Morgan fingerprint density at radius 2 is 0.720 bits per heavy atom. The second-order valence-corrected chi connectivity index (χ2v) is 12.5. The molecule has 0 atom stereocenters. The molecule has 4 heteroatoms. The standard InChI is InChI=1S/C46H34N4/c1-32-20-24-36(25-21-32)42-30-43(49-45(48-42)38-15-7-3-8-16-38)37-26-22-33(23-27-37)28-34-12-11-19-40(29-34)44-31-41(35-13-5-2-6-14-35)47-46(50-44)39-17-9-4-10-18-39/h2-27,29-31H,28H2,1H3. The van der Waals surface area contributed by atoms with Gasteiger partial charge < -0.3 is 0 Å². The third kappa shape index (κ3) is 6.87. The number of benzene rings is 6. The van der Waals surface area contributed by atoms with E-state index in [-0.39, 0.29) is 0 Å². The molecule has 0 amide bonds. The minimum absolute atomic E-state index is 0.716. The molecule has 2 heterocycles. The van der Waals surface area contributed by atoms with Crippen molar-refractivity contribution in [1.82, 2.24) is 19.9 Å². The molecule has 4 nitrogen and oxygen atoms in total. The molecule has 0 aliphatic rings. The maximum absolute atomic E-state index is 5.03. The van der Waals surface area contributed by atoms with Gasteiger partial charge in [-0.1, -0.05) is 163 Å². The van der Waals surface area contributed by atoms with Crippen LogP contribution in [0.4, 0.5) is 0 Å². The van der Waals surface area contributed by atoms with E-state index in [0.717, 1.165) is 68.4 Å². The van der Waals surface area contributed by atoms with Crippen LogP contribution in [0.3, 0.4) is 0 Å². The summed E-state index contributed by atoms with van der Waals surface area (Å²) in [5.74, 6) is 1.43. The average molecular weight is 643 g/mol. The molecule has 0 N–H and O–H groups in total. The highest BCUT2D eigenvalue weighted by Gasteiger charge is 2.13. The summed E-state index contributed by atoms with van der Waals surface area (Å²) in [6.07, 6.45) is 0.796. The van der Waals surface area contributed by atoms with Gasteiger partial charge in [-0.15, -0.1) is 0 Å². The number of aromatic nitrogens is 4. The van der Waals surface area contributed by atoms with Gasteiger partial charge in [0.15, 0.2) is 11.6 Å². The third-order valence-corrected chi connectivity index (χ3v) is 8.81. The molecular formula is C46H34N4. The van der Waals surface area contributed by atoms with Gasteiger partial charge in [0.1, 0.15) is 0 Å². The number of hydrogen-bond acceptors (Lipinski definition) is 4. The highest BCUT2D eigenvalue weighted by atomic mass is 14.9. The minimum atomic E-state index is 0.716. The number of nitrogens with zero attached hydrogens (tertiary/aromatic N) is 4. The van der Waals surface area contributed by atoms with E-state index in [0.29, 0.717) is 5.82 Å². The van der Waals surface area contributed by atoms with Gasteiger partial charge in [-0.2, -0.15) is 0 Å². The van der Waals surface area contributed by atoms with Gasteiger partial charge in [-0.25, -0.2) is 19.9 Å². The Bertz CT molecular complexity index is 2310. The first kappa shape index (κ1) is 30.8. The Morgan fingerprint density at radius 1 is 0.320 bits per heavy atom. The van der Waals surface area contributed by atoms with Crippen LogP contribution in [0.5, 0.6) is 0 Å². The third-order valence-electron chi connectivity index (χ3n) is 8.81. The van der Waals surface area contributed by atoms with E-state index in [2.05, 4.69) is 128 Å². The van der Waals surface area contributed by atoms with Gasteiger partial charge in [0.25, 0.3) is 0 Å². The lowest BCUT2D eigenvalue weighted by Gasteiger charge is -2.11. The molecular weight excluding hydrogens is 609 g/mol. The van der Waals surface area contributed by atoms with Crippen LogP contribution in [-0.4, -0.2) is 19.9 Å². The number of rotatable bonds is 8. The summed E-state index contributed by atoms with van der Waals surface area (Å²) in [6, 6.07) is 60.7. The summed E-state index contributed by atoms with van der Waals surface area (Å²) in [7, 11) is 0. The molecule has 0 spiro atoms. The van der Waals surface area contributed by atoms with Crippen LogP contribution in [0.25, 0.3) is 67.8 Å². The van der Waals surface area contributed by atoms with E-state index >= 15 is 0 Å². The average Bonchev–Trinajstić information content (AvgIpc) is 3.19. The zero-order valence-corrected chi connectivity index (χ0v) is 27.7. The largest absolute Gasteiger partial charge is 0.228 e. The van der Waals surface area contributed by atoms with E-state index in [9.17, 15) is 0 Å². The van der Waals surface area contributed by atoms with Gasteiger partial charge in [0.2, 0.25) is 0 Å². The first-order chi connectivity index (χ1) is 24.6. The van der Waals surface area contributed by atoms with Crippen molar-refractivity contribution in [1.29, 1.82) is 0 Å². The zero-order valence-electron chi connectivity index (χ0n) is 27.7. The van der Waals surface area contributed by atoms with Crippen LogP contribution < -0.4 is 0 Å². The molecule has 0 radical (unpaired) electrons. The van der Waals surface area contributed by atoms with Crippen molar-refractivity contribution in [2.45, 2.75) is 13.3 Å². The van der Waals surface area contributed by atoms with Crippen molar-refractivity contribution in [3.63, 3.8) is 0 Å². The molecule has 0 fully saturated rings. The second kappa shape index (κ2) is 13.9. The molecule has 0 bridgehead atoms. The van der Waals surface area contributed by atoms with Crippen molar-refractivity contribution in [2.75, 3.05) is 0 Å². The molecule has 0 saturated carbocycles. The molecule has 0 saturated heterocycles. The van der Waals surface area contributed by atoms with Gasteiger partial charge in [0, 0.05) is 33.4 Å². The summed E-state index contributed by atoms with van der Waals surface area (Å²) < 4.78 is 0. The van der Waals surface area contributed by atoms with Gasteiger partial charge >= 0.3 is 0 Å². The predicted molar refractivity (Wildman–Crippen MR) is 204 cm³/mol. The summed E-state index contributed by atoms with van der Waals surface area (Å²) >= 11 is 0. The van der Waals surface area contributed by atoms with E-state index in [1.165, 1.54) is 16.7 Å². The molecule has 0 unspecified atom stereocenters. The highest BCUT2D eigenvalue weighted by Crippen LogP contribution is 2.30. The molecule has 8 aromatic rings. The molecule has 8 rings (SSSR count). The number of hydrogen-bond donors (Lipinski definition) is 0. The van der Waals surface area contributed by atoms with Crippen molar-refractivity contribution in [3.8, 4) is 67.8 Å². The van der Waals surface area contributed by atoms with Crippen molar-refractivity contribution in [3.05, 3.63) is 193 Å². The van der Waals surface area contributed by atoms with E-state index in [4.69, 9.17) is 19.9 Å². The topological polar surface area (TPSA) is 51.6 Å². The summed E-state index contributed by atoms with van der Waals surface area (Å²) in [6.45, 7) is 2.10. The van der Waals surface area contributed by atoms with Crippen molar-refractivity contribution < 1.29 is 0 Å². The quantitative estimate of drug-likeness (QED) is 0.165. The summed E-state index contributed by atoms with van der Waals surface area (Å²) in [4.78, 5) is 20.0. The lowest BCUT2D eigenvalue weighted by Crippen LogP contribution is -1.97. The Kier molecular flexibility index (Phi) is 8.57. The SMILES string of the molecule is Cc1ccc(-c2cc(-c3ccc(Cc4cccc(-c5cc(-c6ccccc6)nc(-c6ccccc6)n5)c4)cc3)nc(-c3ccccc3)n2)cc1. The predicted octanol–water partition coefficient (Wildman–Crippen LogP) is 11.2. The van der Waals surface area contributed by atoms with Crippen LogP contribution in [0.1, 0.15) is 16.7 Å². The lowest BCUT2D eigenvalue weighted by molar-refractivity contribution is 1.16. The van der Waals surface area contributed by atoms with Gasteiger partial charge in [0.05, 0.1) is 22.8 Å². The first-order valence-corrected chi connectivity index (χ1v) is 16.8. The molecule has 0 aliphatic heterocycles. The Hall–Kier alpha value is -6.52. The maximum atomic E-state index is 5.03. The van der Waals surface area contributed by atoms with Crippen LogP contribution in [0.15, 0.2) is 176 Å². The highest BCUT2D eigenvalue weighted by molar-refractivity contribution is 5.73. The minimum Gasteiger partial charge on any atom is -0.228 e. The first-order valence-electron chi connectivity index (χ1n) is 16.8. The fourth-order valence-electron chi connectivity index (χ4n) is 6.12. The fraction of sp³-hybridized carbons (Fsp3) is 0.0435. The Labute approximate surface area is 292 Å². The zero-order chi connectivity index (χ0) is 33.7. The fourth-order valence-corrected chi connectivity index (χ4v) is 6.12. The molecule has 50 heavy (non-hydrogen) atoms. The van der Waals surface area contributed by atoms with E-state index in [1.54, 1.807) is 0 Å². The smallest absolute Gasteiger partial charge is 0.160 e. The second-order valence-electron chi connectivity index (χ2n) is 12.5. The summed E-state index contributed by atoms with van der Waals surface area (Å²) in [5.41, 5.74) is 13.5. The molecule has 2 aromatic heterocycles. The van der Waals surface area contributed by atoms with Crippen LogP contribution in [0, 0.1) is 6.92 Å².